The third-order valence-corrected chi connectivity index (χ3v) is 0.964. The molecule has 0 atom stereocenters. The van der Waals surface area contributed by atoms with E-state index in [1.54, 1.807) is 6.92 Å². The van der Waals surface area contributed by atoms with Crippen molar-refractivity contribution in [3.8, 4) is 0 Å². The summed E-state index contributed by atoms with van der Waals surface area (Å²) < 4.78 is 4.26. The Morgan fingerprint density at radius 3 is 2.20 bits per heavy atom. The minimum Gasteiger partial charge on any atom is -0.469 e. The van der Waals surface area contributed by atoms with Crippen molar-refractivity contribution in [3.05, 3.63) is 0 Å². The molecule has 0 aromatic rings. The van der Waals surface area contributed by atoms with Crippen LogP contribution in [0.15, 0.2) is 0 Å². The van der Waals surface area contributed by atoms with E-state index in [1.165, 1.54) is 7.11 Å². The minimum absolute atomic E-state index is 0. The number of ether oxygens (including phenoxy) is 1. The molecule has 0 saturated heterocycles. The Labute approximate surface area is 70.6 Å². The van der Waals surface area contributed by atoms with Crippen molar-refractivity contribution < 1.29 is 31.4 Å². The first-order valence-electron chi connectivity index (χ1n) is 2.79. The number of carbonyl (C=O) groups excluding carboxylic acids is 2. The molecule has 60 valence electrons. The summed E-state index contributed by atoms with van der Waals surface area (Å²) in [5, 5.41) is 0. The summed E-state index contributed by atoms with van der Waals surface area (Å²) >= 11 is 0. The van der Waals surface area contributed by atoms with Gasteiger partial charge in [-0.25, -0.2) is 0 Å². The van der Waals surface area contributed by atoms with E-state index in [9.17, 15) is 9.59 Å². The third kappa shape index (κ3) is 5.79. The summed E-state index contributed by atoms with van der Waals surface area (Å²) in [7, 11) is 1.27. The van der Waals surface area contributed by atoms with Gasteiger partial charge in [0.2, 0.25) is 0 Å². The maximum Gasteiger partial charge on any atom is 0.313 e. The Bertz CT molecular complexity index is 108. The topological polar surface area (TPSA) is 43.4 Å². The van der Waals surface area contributed by atoms with Crippen molar-refractivity contribution in [1.82, 2.24) is 0 Å². The molecule has 0 fully saturated rings. The first kappa shape index (κ1) is 12.3. The number of rotatable bonds is 3. The fourth-order valence-electron chi connectivity index (χ4n) is 0.358. The van der Waals surface area contributed by atoms with Crippen LogP contribution >= 0.6 is 0 Å². The molecule has 0 heterocycles. The van der Waals surface area contributed by atoms with Gasteiger partial charge in [-0.2, -0.15) is 0 Å². The van der Waals surface area contributed by atoms with Gasteiger partial charge in [0.25, 0.3) is 0 Å². The molecular weight excluding hydrogens is 176 g/mol. The van der Waals surface area contributed by atoms with Gasteiger partial charge in [0, 0.05) is 23.5 Å². The quantitative estimate of drug-likeness (QED) is 0.366. The van der Waals surface area contributed by atoms with Crippen LogP contribution in [0.1, 0.15) is 19.8 Å². The van der Waals surface area contributed by atoms with E-state index < -0.39 is 5.97 Å². The van der Waals surface area contributed by atoms with Gasteiger partial charge in [-0.1, -0.05) is 6.92 Å². The van der Waals surface area contributed by atoms with Gasteiger partial charge in [0.05, 0.1) is 7.11 Å². The number of carbonyl (C=O) groups is 2. The van der Waals surface area contributed by atoms with Gasteiger partial charge in [-0.15, -0.1) is 0 Å². The van der Waals surface area contributed by atoms with Gasteiger partial charge in [0.15, 0.2) is 0 Å². The molecule has 0 rings (SSSR count). The van der Waals surface area contributed by atoms with Crippen molar-refractivity contribution in [2.45, 2.75) is 19.8 Å². The second-order valence-electron chi connectivity index (χ2n) is 1.65. The Balaban J connectivity index is 0. The maximum atomic E-state index is 10.5. The Hall–Kier alpha value is -0.341. The van der Waals surface area contributed by atoms with E-state index in [0.29, 0.717) is 6.42 Å². The van der Waals surface area contributed by atoms with E-state index >= 15 is 0 Å². The van der Waals surface area contributed by atoms with E-state index in [1.807, 2.05) is 0 Å². The first-order valence-corrected chi connectivity index (χ1v) is 2.79. The van der Waals surface area contributed by atoms with Crippen LogP contribution in [0.4, 0.5) is 0 Å². The van der Waals surface area contributed by atoms with E-state index in [0.717, 1.165) is 0 Å². The zero-order valence-electron chi connectivity index (χ0n) is 5.99. The molecule has 0 spiro atoms. The molecule has 0 radical (unpaired) electrons. The predicted octanol–water partition coefficient (Wildman–Crippen LogP) is 0.526. The van der Waals surface area contributed by atoms with Gasteiger partial charge in [0.1, 0.15) is 12.2 Å². The fraction of sp³-hybridized carbons (Fsp3) is 0.667. The Kier molecular flexibility index (Phi) is 8.36. The second-order valence-corrected chi connectivity index (χ2v) is 1.65. The molecule has 0 aliphatic rings. The molecular formula is C6H10FeO3. The second kappa shape index (κ2) is 6.77. The number of methoxy groups -OCH3 is 1. The van der Waals surface area contributed by atoms with E-state index in [-0.39, 0.29) is 29.3 Å². The standard InChI is InChI=1S/C6H10O3.Fe/c1-3-5(7)4-6(8)9-2;/h3-4H2,1-2H3;. The van der Waals surface area contributed by atoms with Crippen LogP contribution in [0, 0.1) is 0 Å². The summed E-state index contributed by atoms with van der Waals surface area (Å²) in [6.07, 6.45) is 0.308. The molecule has 0 bridgehead atoms. The van der Waals surface area contributed by atoms with Crippen LogP contribution in [-0.4, -0.2) is 18.9 Å². The summed E-state index contributed by atoms with van der Waals surface area (Å²) in [4.78, 5) is 20.8. The summed E-state index contributed by atoms with van der Waals surface area (Å²) in [5.74, 6) is -0.538. The largest absolute Gasteiger partial charge is 0.469 e. The number of hydrogen-bond donors (Lipinski definition) is 0. The SMILES string of the molecule is CCC(=O)CC(=O)OC.[Fe]. The van der Waals surface area contributed by atoms with Crippen LogP contribution in [0.3, 0.4) is 0 Å². The van der Waals surface area contributed by atoms with Crippen LogP contribution in [-0.2, 0) is 31.4 Å². The van der Waals surface area contributed by atoms with Crippen LogP contribution in [0.5, 0.6) is 0 Å². The van der Waals surface area contributed by atoms with Crippen molar-refractivity contribution >= 4 is 11.8 Å². The normalized spacial score (nSPS) is 7.80. The average Bonchev–Trinajstić information content (AvgIpc) is 1.87. The van der Waals surface area contributed by atoms with Crippen molar-refractivity contribution in [1.29, 1.82) is 0 Å². The van der Waals surface area contributed by atoms with Crippen LogP contribution < -0.4 is 0 Å². The maximum absolute atomic E-state index is 10.5. The molecule has 0 amide bonds. The zero-order chi connectivity index (χ0) is 7.28. The molecule has 0 aliphatic carbocycles. The smallest absolute Gasteiger partial charge is 0.313 e. The molecule has 0 N–H and O–H groups in total. The van der Waals surface area contributed by atoms with Crippen LogP contribution in [0.2, 0.25) is 0 Å². The Morgan fingerprint density at radius 2 is 1.90 bits per heavy atom. The average molecular weight is 186 g/mol. The van der Waals surface area contributed by atoms with E-state index in [2.05, 4.69) is 4.74 Å². The van der Waals surface area contributed by atoms with Crippen molar-refractivity contribution in [3.63, 3.8) is 0 Å². The van der Waals surface area contributed by atoms with Gasteiger partial charge in [-0.3, -0.25) is 9.59 Å². The molecule has 0 aliphatic heterocycles. The first-order chi connectivity index (χ1) is 4.20. The number of ketones is 1. The Morgan fingerprint density at radius 1 is 1.40 bits per heavy atom. The zero-order valence-corrected chi connectivity index (χ0v) is 7.10. The number of hydrogen-bond acceptors (Lipinski definition) is 3. The molecule has 3 nitrogen and oxygen atoms in total. The molecule has 0 aromatic carbocycles. The van der Waals surface area contributed by atoms with Crippen molar-refractivity contribution in [2.24, 2.45) is 0 Å². The summed E-state index contributed by atoms with van der Waals surface area (Å²) in [6.45, 7) is 1.71. The van der Waals surface area contributed by atoms with Gasteiger partial charge < -0.3 is 4.74 Å². The van der Waals surface area contributed by atoms with E-state index in [4.69, 9.17) is 0 Å². The molecule has 10 heavy (non-hydrogen) atoms. The van der Waals surface area contributed by atoms with Crippen molar-refractivity contribution in [2.75, 3.05) is 7.11 Å². The van der Waals surface area contributed by atoms with Gasteiger partial charge >= 0.3 is 5.97 Å². The number of esters is 1. The number of Topliss-reactive ketones (excluding diaryl/α,β-unsaturated/α-hetero) is 1. The van der Waals surface area contributed by atoms with Crippen LogP contribution in [0.25, 0.3) is 0 Å². The molecule has 0 saturated carbocycles. The fourth-order valence-corrected chi connectivity index (χ4v) is 0.358. The summed E-state index contributed by atoms with van der Waals surface area (Å²) in [5.41, 5.74) is 0. The molecule has 0 unspecified atom stereocenters. The third-order valence-electron chi connectivity index (χ3n) is 0.964. The van der Waals surface area contributed by atoms with Gasteiger partial charge in [-0.05, 0) is 0 Å². The molecule has 0 aromatic heterocycles. The minimum atomic E-state index is -0.457. The predicted molar refractivity (Wildman–Crippen MR) is 31.9 cm³/mol. The monoisotopic (exact) mass is 186 g/mol. The molecule has 4 heteroatoms. The summed E-state index contributed by atoms with van der Waals surface area (Å²) in [6, 6.07) is 0.